The molecule has 0 atom stereocenters. The normalized spacial score (nSPS) is 10.4. The highest BCUT2D eigenvalue weighted by molar-refractivity contribution is 6.39. The van der Waals surface area contributed by atoms with E-state index in [2.05, 4.69) is 13.2 Å². The maximum atomic E-state index is 13.3. The molecule has 0 aliphatic heterocycles. The maximum absolute atomic E-state index is 13.3. The van der Waals surface area contributed by atoms with Gasteiger partial charge in [0.25, 0.3) is 0 Å². The molecule has 0 N–H and O–H groups in total. The molecule has 0 amide bonds. The Hall–Kier alpha value is -1.57. The first-order chi connectivity index (χ1) is 9.49. The van der Waals surface area contributed by atoms with E-state index in [0.717, 1.165) is 22.3 Å². The fourth-order valence-corrected chi connectivity index (χ4v) is 2.92. The summed E-state index contributed by atoms with van der Waals surface area (Å²) >= 11 is 12.3. The minimum atomic E-state index is -0.458. The summed E-state index contributed by atoms with van der Waals surface area (Å²) in [6.07, 6.45) is 3.50. The Kier molecular flexibility index (Phi) is 4.32. The molecule has 0 saturated carbocycles. The van der Waals surface area contributed by atoms with Crippen LogP contribution in [-0.4, -0.2) is 0 Å². The van der Waals surface area contributed by atoms with Crippen LogP contribution in [0.1, 0.15) is 16.7 Å². The molecular formula is C17H13Cl2F. The summed E-state index contributed by atoms with van der Waals surface area (Å²) in [6, 6.07) is 6.37. The number of rotatable bonds is 3. The van der Waals surface area contributed by atoms with E-state index >= 15 is 0 Å². The molecule has 0 saturated heterocycles. The Morgan fingerprint density at radius 2 is 1.55 bits per heavy atom. The molecule has 3 heteroatoms. The first-order valence-corrected chi connectivity index (χ1v) is 6.78. The van der Waals surface area contributed by atoms with Gasteiger partial charge in [-0.3, -0.25) is 0 Å². The fraction of sp³-hybridized carbons (Fsp3) is 0.0588. The average Bonchev–Trinajstić information content (AvgIpc) is 2.38. The molecule has 2 aromatic rings. The molecule has 0 spiro atoms. The van der Waals surface area contributed by atoms with Gasteiger partial charge < -0.3 is 0 Å². The van der Waals surface area contributed by atoms with Crippen molar-refractivity contribution >= 4 is 35.4 Å². The van der Waals surface area contributed by atoms with Crippen LogP contribution in [0.4, 0.5) is 4.39 Å². The second kappa shape index (κ2) is 5.82. The number of aryl methyl sites for hydroxylation is 1. The van der Waals surface area contributed by atoms with Crippen molar-refractivity contribution in [2.24, 2.45) is 0 Å². The van der Waals surface area contributed by atoms with Gasteiger partial charge in [0, 0.05) is 5.56 Å². The van der Waals surface area contributed by atoms with Crippen molar-refractivity contribution in [1.29, 1.82) is 0 Å². The summed E-state index contributed by atoms with van der Waals surface area (Å²) in [6.45, 7) is 9.64. The Bertz CT molecular complexity index is 679. The molecule has 0 fully saturated rings. The topological polar surface area (TPSA) is 0 Å². The molecule has 0 aliphatic carbocycles. The Morgan fingerprint density at radius 1 is 1.00 bits per heavy atom. The van der Waals surface area contributed by atoms with Gasteiger partial charge in [-0.1, -0.05) is 60.6 Å². The first kappa shape index (κ1) is 14.8. The number of halogens is 3. The summed E-state index contributed by atoms with van der Waals surface area (Å²) < 4.78 is 13.3. The molecule has 20 heavy (non-hydrogen) atoms. The lowest BCUT2D eigenvalue weighted by atomic mass is 9.92. The molecular weight excluding hydrogens is 294 g/mol. The third-order valence-electron chi connectivity index (χ3n) is 3.19. The van der Waals surface area contributed by atoms with E-state index in [1.165, 1.54) is 12.1 Å². The molecule has 2 rings (SSSR count). The highest BCUT2D eigenvalue weighted by atomic mass is 35.5. The zero-order chi connectivity index (χ0) is 14.9. The molecule has 0 aromatic heterocycles. The van der Waals surface area contributed by atoms with Gasteiger partial charge in [-0.2, -0.15) is 0 Å². The lowest BCUT2D eigenvalue weighted by Crippen LogP contribution is -1.93. The first-order valence-electron chi connectivity index (χ1n) is 6.03. The second-order valence-electron chi connectivity index (χ2n) is 4.41. The van der Waals surface area contributed by atoms with Crippen LogP contribution in [0.5, 0.6) is 0 Å². The summed E-state index contributed by atoms with van der Waals surface area (Å²) in [5, 5.41) is 0.550. The minimum Gasteiger partial charge on any atom is -0.207 e. The van der Waals surface area contributed by atoms with Crippen LogP contribution in [0, 0.1) is 12.7 Å². The molecule has 2 aromatic carbocycles. The lowest BCUT2D eigenvalue weighted by molar-refractivity contribution is 0.628. The fourth-order valence-electron chi connectivity index (χ4n) is 2.25. The van der Waals surface area contributed by atoms with Gasteiger partial charge in [0.1, 0.15) is 5.82 Å². The van der Waals surface area contributed by atoms with Crippen LogP contribution in [0.3, 0.4) is 0 Å². The lowest BCUT2D eigenvalue weighted by Gasteiger charge is -2.15. The summed E-state index contributed by atoms with van der Waals surface area (Å²) in [7, 11) is 0. The van der Waals surface area contributed by atoms with Crippen LogP contribution in [0.25, 0.3) is 23.3 Å². The molecule has 0 bridgehead atoms. The predicted molar refractivity (Wildman–Crippen MR) is 86.8 cm³/mol. The summed E-state index contributed by atoms with van der Waals surface area (Å²) in [5.74, 6) is -0.458. The van der Waals surface area contributed by atoms with Crippen molar-refractivity contribution in [2.75, 3.05) is 0 Å². The number of hydrogen-bond donors (Lipinski definition) is 0. The molecule has 0 unspecified atom stereocenters. The Labute approximate surface area is 128 Å². The van der Waals surface area contributed by atoms with Gasteiger partial charge in [-0.15, -0.1) is 0 Å². The molecule has 0 nitrogen and oxygen atoms in total. The minimum absolute atomic E-state index is 0.275. The second-order valence-corrected chi connectivity index (χ2v) is 5.22. The average molecular weight is 307 g/mol. The van der Waals surface area contributed by atoms with E-state index in [-0.39, 0.29) is 10.0 Å². The monoisotopic (exact) mass is 306 g/mol. The SMILES string of the molecule is C=Cc1c(C)ccc(-c2c(Cl)cc(F)cc2Cl)c1C=C. The van der Waals surface area contributed by atoms with E-state index in [4.69, 9.17) is 23.2 Å². The van der Waals surface area contributed by atoms with E-state index in [1.54, 1.807) is 12.2 Å². The largest absolute Gasteiger partial charge is 0.207 e. The highest BCUT2D eigenvalue weighted by Crippen LogP contribution is 2.39. The molecule has 0 heterocycles. The van der Waals surface area contributed by atoms with E-state index in [1.807, 2.05) is 19.1 Å². The van der Waals surface area contributed by atoms with Crippen molar-refractivity contribution in [3.63, 3.8) is 0 Å². The zero-order valence-corrected chi connectivity index (χ0v) is 12.5. The molecule has 0 radical (unpaired) electrons. The zero-order valence-electron chi connectivity index (χ0n) is 11.0. The van der Waals surface area contributed by atoms with Crippen molar-refractivity contribution in [1.82, 2.24) is 0 Å². The van der Waals surface area contributed by atoms with Gasteiger partial charge in [0.15, 0.2) is 0 Å². The highest BCUT2D eigenvalue weighted by Gasteiger charge is 2.15. The van der Waals surface area contributed by atoms with E-state index in [9.17, 15) is 4.39 Å². The van der Waals surface area contributed by atoms with Crippen LogP contribution < -0.4 is 0 Å². The van der Waals surface area contributed by atoms with Crippen molar-refractivity contribution < 1.29 is 4.39 Å². The smallest absolute Gasteiger partial charge is 0.126 e. The summed E-state index contributed by atoms with van der Waals surface area (Å²) in [4.78, 5) is 0. The van der Waals surface area contributed by atoms with Gasteiger partial charge >= 0.3 is 0 Å². The van der Waals surface area contributed by atoms with Gasteiger partial charge in [-0.05, 0) is 41.3 Å². The standard InChI is InChI=1S/C17H13Cl2F/c1-4-12-10(3)6-7-14(13(12)5-2)17-15(18)8-11(20)9-16(17)19/h4-9H,1-2H2,3H3. The van der Waals surface area contributed by atoms with Gasteiger partial charge in [0.2, 0.25) is 0 Å². The molecule has 102 valence electrons. The van der Waals surface area contributed by atoms with Gasteiger partial charge in [0.05, 0.1) is 10.0 Å². The van der Waals surface area contributed by atoms with Crippen LogP contribution in [-0.2, 0) is 0 Å². The quantitative estimate of drug-likeness (QED) is 0.616. The van der Waals surface area contributed by atoms with Crippen LogP contribution in [0.15, 0.2) is 37.4 Å². The van der Waals surface area contributed by atoms with Crippen LogP contribution >= 0.6 is 23.2 Å². The van der Waals surface area contributed by atoms with Crippen molar-refractivity contribution in [2.45, 2.75) is 6.92 Å². The van der Waals surface area contributed by atoms with Crippen LogP contribution in [0.2, 0.25) is 10.0 Å². The molecule has 0 aliphatic rings. The third-order valence-corrected chi connectivity index (χ3v) is 3.79. The van der Waals surface area contributed by atoms with Crippen molar-refractivity contribution in [3.05, 3.63) is 70.0 Å². The van der Waals surface area contributed by atoms with E-state index in [0.29, 0.717) is 5.56 Å². The van der Waals surface area contributed by atoms with Gasteiger partial charge in [-0.25, -0.2) is 4.39 Å². The Balaban J connectivity index is 2.83. The van der Waals surface area contributed by atoms with E-state index < -0.39 is 5.82 Å². The van der Waals surface area contributed by atoms with Crippen molar-refractivity contribution in [3.8, 4) is 11.1 Å². The number of benzene rings is 2. The Morgan fingerprint density at radius 3 is 2.05 bits per heavy atom. The summed E-state index contributed by atoms with van der Waals surface area (Å²) in [5.41, 5.74) is 4.35. The third kappa shape index (κ3) is 2.52. The number of hydrogen-bond acceptors (Lipinski definition) is 0. The predicted octanol–water partition coefficient (Wildman–Crippen LogP) is 6.39. The maximum Gasteiger partial charge on any atom is 0.126 e.